The smallest absolute Gasteiger partial charge is 0.416 e. The van der Waals surface area contributed by atoms with E-state index in [-0.39, 0.29) is 11.3 Å². The van der Waals surface area contributed by atoms with Crippen LogP contribution in [0.25, 0.3) is 0 Å². The zero-order chi connectivity index (χ0) is 21.0. The van der Waals surface area contributed by atoms with Gasteiger partial charge in [-0.2, -0.15) is 13.2 Å². The molecule has 0 aliphatic heterocycles. The third-order valence-electron chi connectivity index (χ3n) is 4.24. The minimum Gasteiger partial charge on any atom is -0.495 e. The number of halogens is 3. The first-order valence-corrected chi connectivity index (χ1v) is 8.61. The number of para-hydroxylation sites is 2. The molecule has 0 saturated heterocycles. The van der Waals surface area contributed by atoms with Crippen molar-refractivity contribution in [1.82, 2.24) is 4.98 Å². The summed E-state index contributed by atoms with van der Waals surface area (Å²) in [4.78, 5) is 18.8. The maximum absolute atomic E-state index is 12.9. The number of carbonyl (C=O) groups is 1. The van der Waals surface area contributed by atoms with E-state index in [0.29, 0.717) is 17.3 Å². The van der Waals surface area contributed by atoms with Crippen LogP contribution in [0.3, 0.4) is 0 Å². The third-order valence-corrected chi connectivity index (χ3v) is 4.24. The lowest BCUT2D eigenvalue weighted by Gasteiger charge is -2.22. The molecule has 3 aromatic rings. The van der Waals surface area contributed by atoms with Gasteiger partial charge in [0, 0.05) is 18.9 Å². The molecule has 0 unspecified atom stereocenters. The highest BCUT2D eigenvalue weighted by Crippen LogP contribution is 2.33. The van der Waals surface area contributed by atoms with E-state index in [9.17, 15) is 18.0 Å². The Bertz CT molecular complexity index is 1020. The highest BCUT2D eigenvalue weighted by atomic mass is 19.4. The topological polar surface area (TPSA) is 54.5 Å². The summed E-state index contributed by atoms with van der Waals surface area (Å²) in [7, 11) is 3.26. The van der Waals surface area contributed by atoms with Gasteiger partial charge < -0.3 is 15.0 Å². The quantitative estimate of drug-likeness (QED) is 0.644. The van der Waals surface area contributed by atoms with E-state index >= 15 is 0 Å². The summed E-state index contributed by atoms with van der Waals surface area (Å²) < 4.78 is 44.1. The van der Waals surface area contributed by atoms with Crippen molar-refractivity contribution in [2.24, 2.45) is 0 Å². The van der Waals surface area contributed by atoms with Crippen molar-refractivity contribution in [3.05, 3.63) is 78.0 Å². The molecule has 5 nitrogen and oxygen atoms in total. The largest absolute Gasteiger partial charge is 0.495 e. The molecule has 0 atom stereocenters. The predicted molar refractivity (Wildman–Crippen MR) is 105 cm³/mol. The van der Waals surface area contributed by atoms with Crippen molar-refractivity contribution < 1.29 is 22.7 Å². The summed E-state index contributed by atoms with van der Waals surface area (Å²) in [5, 5.41) is 2.51. The Kier molecular flexibility index (Phi) is 5.72. The van der Waals surface area contributed by atoms with Crippen LogP contribution >= 0.6 is 0 Å². The molecule has 0 aliphatic rings. The molecule has 1 heterocycles. The van der Waals surface area contributed by atoms with Gasteiger partial charge in [0.25, 0.3) is 5.91 Å². The maximum atomic E-state index is 12.9. The van der Waals surface area contributed by atoms with Gasteiger partial charge in [-0.05, 0) is 42.5 Å². The number of carbonyl (C=O) groups excluding carboxylic acids is 1. The minimum absolute atomic E-state index is 0.0413. The van der Waals surface area contributed by atoms with Crippen molar-refractivity contribution in [1.29, 1.82) is 0 Å². The van der Waals surface area contributed by atoms with Gasteiger partial charge in [0.1, 0.15) is 11.6 Å². The van der Waals surface area contributed by atoms with Crippen LogP contribution in [-0.4, -0.2) is 25.0 Å². The van der Waals surface area contributed by atoms with Crippen molar-refractivity contribution in [2.75, 3.05) is 24.4 Å². The van der Waals surface area contributed by atoms with Crippen LogP contribution in [0, 0.1) is 0 Å². The Labute approximate surface area is 165 Å². The molecule has 3 rings (SSSR count). The molecule has 1 aromatic heterocycles. The number of hydrogen-bond acceptors (Lipinski definition) is 4. The standard InChI is InChI=1S/C21H18F3N3O2/c1-27(17-10-3-4-11-18(17)29-2)19-16(9-6-12-25-19)20(28)26-15-8-5-7-14(13-15)21(22,23)24/h3-13H,1-2H3,(H,26,28). The molecular formula is C21H18F3N3O2. The van der Waals surface area contributed by atoms with Crippen molar-refractivity contribution in [3.8, 4) is 5.75 Å². The lowest BCUT2D eigenvalue weighted by molar-refractivity contribution is -0.137. The number of pyridine rings is 1. The van der Waals surface area contributed by atoms with E-state index < -0.39 is 17.6 Å². The Morgan fingerprint density at radius 2 is 1.83 bits per heavy atom. The Hall–Kier alpha value is -3.55. The van der Waals surface area contributed by atoms with E-state index in [4.69, 9.17) is 4.74 Å². The number of rotatable bonds is 5. The molecule has 2 aromatic carbocycles. The fourth-order valence-corrected chi connectivity index (χ4v) is 2.83. The number of benzene rings is 2. The Balaban J connectivity index is 1.92. The van der Waals surface area contributed by atoms with Crippen LogP contribution in [0.15, 0.2) is 66.9 Å². The first-order chi connectivity index (χ1) is 13.8. The molecule has 150 valence electrons. The number of amides is 1. The lowest BCUT2D eigenvalue weighted by Crippen LogP contribution is -2.20. The SMILES string of the molecule is COc1ccccc1N(C)c1ncccc1C(=O)Nc1cccc(C(F)(F)F)c1. The predicted octanol–water partition coefficient (Wildman–Crippen LogP) is 5.13. The number of nitrogens with zero attached hydrogens (tertiary/aromatic N) is 2. The van der Waals surface area contributed by atoms with E-state index in [2.05, 4.69) is 10.3 Å². The average Bonchev–Trinajstić information content (AvgIpc) is 2.72. The van der Waals surface area contributed by atoms with Crippen LogP contribution < -0.4 is 15.0 Å². The van der Waals surface area contributed by atoms with Gasteiger partial charge in [-0.15, -0.1) is 0 Å². The number of hydrogen-bond donors (Lipinski definition) is 1. The number of aromatic nitrogens is 1. The molecule has 1 amide bonds. The zero-order valence-corrected chi connectivity index (χ0v) is 15.7. The van der Waals surface area contributed by atoms with Crippen LogP contribution in [0.4, 0.5) is 30.4 Å². The summed E-state index contributed by atoms with van der Waals surface area (Å²) in [6, 6.07) is 14.8. The second kappa shape index (κ2) is 8.22. The number of ether oxygens (including phenoxy) is 1. The minimum atomic E-state index is -4.50. The molecule has 0 aliphatic carbocycles. The fraction of sp³-hybridized carbons (Fsp3) is 0.143. The van der Waals surface area contributed by atoms with E-state index in [1.165, 1.54) is 25.4 Å². The normalized spacial score (nSPS) is 11.1. The summed E-state index contributed by atoms with van der Waals surface area (Å²) in [6.07, 6.45) is -2.97. The second-order valence-corrected chi connectivity index (χ2v) is 6.14. The van der Waals surface area contributed by atoms with Gasteiger partial charge in [-0.25, -0.2) is 4.98 Å². The maximum Gasteiger partial charge on any atom is 0.416 e. The highest BCUT2D eigenvalue weighted by Gasteiger charge is 2.30. The van der Waals surface area contributed by atoms with Crippen LogP contribution in [0.2, 0.25) is 0 Å². The first kappa shape index (κ1) is 20.2. The molecule has 0 radical (unpaired) electrons. The van der Waals surface area contributed by atoms with Gasteiger partial charge in [0.05, 0.1) is 23.9 Å². The Morgan fingerprint density at radius 1 is 1.07 bits per heavy atom. The van der Waals surface area contributed by atoms with E-state index in [1.54, 1.807) is 30.1 Å². The fourth-order valence-electron chi connectivity index (χ4n) is 2.83. The molecule has 29 heavy (non-hydrogen) atoms. The molecule has 0 fully saturated rings. The van der Waals surface area contributed by atoms with Gasteiger partial charge in [0.2, 0.25) is 0 Å². The molecule has 8 heteroatoms. The summed E-state index contributed by atoms with van der Waals surface area (Å²) >= 11 is 0. The average molecular weight is 401 g/mol. The lowest BCUT2D eigenvalue weighted by atomic mass is 10.1. The van der Waals surface area contributed by atoms with Gasteiger partial charge >= 0.3 is 6.18 Å². The van der Waals surface area contributed by atoms with E-state index in [1.807, 2.05) is 18.2 Å². The van der Waals surface area contributed by atoms with Crippen molar-refractivity contribution >= 4 is 23.1 Å². The molecule has 0 bridgehead atoms. The van der Waals surface area contributed by atoms with Gasteiger partial charge in [0.15, 0.2) is 0 Å². The van der Waals surface area contributed by atoms with Crippen molar-refractivity contribution in [2.45, 2.75) is 6.18 Å². The van der Waals surface area contributed by atoms with Crippen LogP contribution in [0.1, 0.15) is 15.9 Å². The van der Waals surface area contributed by atoms with Gasteiger partial charge in [-0.1, -0.05) is 18.2 Å². The third kappa shape index (κ3) is 4.48. The second-order valence-electron chi connectivity index (χ2n) is 6.14. The zero-order valence-electron chi connectivity index (χ0n) is 15.7. The Morgan fingerprint density at radius 3 is 2.55 bits per heavy atom. The highest BCUT2D eigenvalue weighted by molar-refractivity contribution is 6.08. The summed E-state index contributed by atoms with van der Waals surface area (Å²) in [6.45, 7) is 0. The van der Waals surface area contributed by atoms with Gasteiger partial charge in [-0.3, -0.25) is 4.79 Å². The first-order valence-electron chi connectivity index (χ1n) is 8.61. The number of alkyl halides is 3. The molecule has 0 spiro atoms. The number of methoxy groups -OCH3 is 1. The molecule has 0 saturated carbocycles. The number of anilines is 3. The molecule has 1 N–H and O–H groups in total. The summed E-state index contributed by atoms with van der Waals surface area (Å²) in [5.41, 5.74) is 0.0903. The summed E-state index contributed by atoms with van der Waals surface area (Å²) in [5.74, 6) is 0.348. The number of nitrogens with one attached hydrogen (secondary N) is 1. The van der Waals surface area contributed by atoms with E-state index in [0.717, 1.165) is 12.1 Å². The van der Waals surface area contributed by atoms with Crippen molar-refractivity contribution in [3.63, 3.8) is 0 Å². The monoisotopic (exact) mass is 401 g/mol. The molecular weight excluding hydrogens is 383 g/mol. The van der Waals surface area contributed by atoms with Crippen LogP contribution in [-0.2, 0) is 6.18 Å². The van der Waals surface area contributed by atoms with Crippen LogP contribution in [0.5, 0.6) is 5.75 Å².